The third-order valence-electron chi connectivity index (χ3n) is 6.23. The minimum Gasteiger partial charge on any atom is -0.481 e. The van der Waals surface area contributed by atoms with Crippen LogP contribution in [0.5, 0.6) is 5.88 Å². The number of imidazole rings is 1. The Hall–Kier alpha value is -3.63. The quantitative estimate of drug-likeness (QED) is 0.539. The molecule has 0 radical (unpaired) electrons. The lowest BCUT2D eigenvalue weighted by Gasteiger charge is -2.22. The second kappa shape index (κ2) is 9.93. The first-order valence-electron chi connectivity index (χ1n) is 11.2. The van der Waals surface area contributed by atoms with Gasteiger partial charge in [0.15, 0.2) is 5.82 Å². The zero-order chi connectivity index (χ0) is 25.3. The summed E-state index contributed by atoms with van der Waals surface area (Å²) in [4.78, 5) is 27.1. The van der Waals surface area contributed by atoms with E-state index in [1.54, 1.807) is 37.1 Å². The number of carbonyl (C=O) groups is 1. The van der Waals surface area contributed by atoms with Gasteiger partial charge in [-0.3, -0.25) is 4.79 Å². The summed E-state index contributed by atoms with van der Waals surface area (Å²) in [5.41, 5.74) is 2.00. The molecule has 0 saturated carbocycles. The van der Waals surface area contributed by atoms with Gasteiger partial charge < -0.3 is 19.5 Å². The standard InChI is InChI=1S/C24H27F3N6O2/c1-13(17-9-21(35-4)28-10-18(17)25)24(34)33-8-7-15(11-33)30-20-6-5-16(14(2)29-20)19-12-32(3)23(31-19)22(26)27/h5-6,9-10,12-13,15,22H,7-8,11H2,1-4H3,(H,29,30)/t13?,15-/m0/s1. The second-order valence-electron chi connectivity index (χ2n) is 8.61. The van der Waals surface area contributed by atoms with Crippen LogP contribution in [-0.4, -0.2) is 56.6 Å². The van der Waals surface area contributed by atoms with Crippen molar-refractivity contribution in [3.05, 3.63) is 53.5 Å². The molecule has 1 aliphatic rings. The molecule has 0 bridgehead atoms. The number of aryl methyl sites for hydroxylation is 2. The van der Waals surface area contributed by atoms with Crippen LogP contribution in [0.25, 0.3) is 11.3 Å². The minimum absolute atomic E-state index is 0.0268. The fraction of sp³-hybridized carbons (Fsp3) is 0.417. The lowest BCUT2D eigenvalue weighted by Crippen LogP contribution is -2.34. The van der Waals surface area contributed by atoms with E-state index in [2.05, 4.69) is 20.3 Å². The van der Waals surface area contributed by atoms with Crippen LogP contribution in [0, 0.1) is 12.7 Å². The Bertz CT molecular complexity index is 1230. The number of likely N-dealkylation sites (tertiary alicyclic amines) is 1. The summed E-state index contributed by atoms with van der Waals surface area (Å²) in [6.07, 6.45) is 0.668. The molecule has 0 spiro atoms. The van der Waals surface area contributed by atoms with E-state index in [0.717, 1.165) is 6.20 Å². The summed E-state index contributed by atoms with van der Waals surface area (Å²) < 4.78 is 46.8. The third-order valence-corrected chi connectivity index (χ3v) is 6.23. The van der Waals surface area contributed by atoms with E-state index < -0.39 is 18.2 Å². The van der Waals surface area contributed by atoms with Crippen LogP contribution in [0.1, 0.15) is 42.8 Å². The van der Waals surface area contributed by atoms with Gasteiger partial charge in [0.2, 0.25) is 11.8 Å². The molecule has 0 aliphatic carbocycles. The number of pyridine rings is 2. The molecule has 0 aromatic carbocycles. The summed E-state index contributed by atoms with van der Waals surface area (Å²) in [7, 11) is 2.97. The number of nitrogens with zero attached hydrogens (tertiary/aromatic N) is 5. The molecule has 1 amide bonds. The van der Waals surface area contributed by atoms with E-state index in [4.69, 9.17) is 4.74 Å². The fourth-order valence-electron chi connectivity index (χ4n) is 4.30. The van der Waals surface area contributed by atoms with Crippen molar-refractivity contribution < 1.29 is 22.7 Å². The smallest absolute Gasteiger partial charge is 0.295 e. The van der Waals surface area contributed by atoms with Crippen LogP contribution >= 0.6 is 0 Å². The van der Waals surface area contributed by atoms with Crippen LogP contribution in [0.3, 0.4) is 0 Å². The zero-order valence-corrected chi connectivity index (χ0v) is 19.9. The summed E-state index contributed by atoms with van der Waals surface area (Å²) in [6, 6.07) is 4.98. The largest absolute Gasteiger partial charge is 0.481 e. The molecule has 3 aromatic heterocycles. The molecule has 8 nitrogen and oxygen atoms in total. The number of alkyl halides is 2. The zero-order valence-electron chi connectivity index (χ0n) is 19.9. The van der Waals surface area contributed by atoms with E-state index >= 15 is 0 Å². The van der Waals surface area contributed by atoms with Crippen molar-refractivity contribution in [3.8, 4) is 17.1 Å². The van der Waals surface area contributed by atoms with Gasteiger partial charge in [0, 0.05) is 55.3 Å². The van der Waals surface area contributed by atoms with E-state index in [1.165, 1.54) is 24.8 Å². The first-order chi connectivity index (χ1) is 16.7. The highest BCUT2D eigenvalue weighted by atomic mass is 19.3. The summed E-state index contributed by atoms with van der Waals surface area (Å²) in [5, 5.41) is 3.33. The Kier molecular flexibility index (Phi) is 6.95. The highest BCUT2D eigenvalue weighted by molar-refractivity contribution is 5.83. The van der Waals surface area contributed by atoms with Gasteiger partial charge >= 0.3 is 0 Å². The molecule has 2 atom stereocenters. The van der Waals surface area contributed by atoms with E-state index in [9.17, 15) is 18.0 Å². The SMILES string of the molecule is COc1cc(C(C)C(=O)N2CC[C@H](Nc3ccc(-c4cn(C)c(C(F)F)n4)c(C)n3)C2)c(F)cn1. The predicted molar refractivity (Wildman–Crippen MR) is 124 cm³/mol. The van der Waals surface area contributed by atoms with E-state index in [0.29, 0.717) is 42.3 Å². The highest BCUT2D eigenvalue weighted by Crippen LogP contribution is 2.28. The van der Waals surface area contributed by atoms with Crippen molar-refractivity contribution in [2.24, 2.45) is 7.05 Å². The number of methoxy groups -OCH3 is 1. The Morgan fingerprint density at radius 2 is 2.06 bits per heavy atom. The van der Waals surface area contributed by atoms with Gasteiger partial charge in [-0.05, 0) is 32.4 Å². The van der Waals surface area contributed by atoms with Crippen LogP contribution in [-0.2, 0) is 11.8 Å². The Balaban J connectivity index is 1.41. The average Bonchev–Trinajstić information content (AvgIpc) is 3.45. The minimum atomic E-state index is -2.66. The number of nitrogens with one attached hydrogen (secondary N) is 1. The maximum Gasteiger partial charge on any atom is 0.295 e. The lowest BCUT2D eigenvalue weighted by atomic mass is 10.0. The number of rotatable bonds is 7. The van der Waals surface area contributed by atoms with Crippen molar-refractivity contribution in [3.63, 3.8) is 0 Å². The van der Waals surface area contributed by atoms with Crippen molar-refractivity contribution in [2.75, 3.05) is 25.5 Å². The molecule has 11 heteroatoms. The molecule has 3 aromatic rings. The van der Waals surface area contributed by atoms with Crippen molar-refractivity contribution in [2.45, 2.75) is 38.7 Å². The van der Waals surface area contributed by atoms with Gasteiger partial charge in [0.05, 0.1) is 24.9 Å². The highest BCUT2D eigenvalue weighted by Gasteiger charge is 2.31. The number of aromatic nitrogens is 4. The van der Waals surface area contributed by atoms with Gasteiger partial charge in [-0.2, -0.15) is 0 Å². The number of halogens is 3. The van der Waals surface area contributed by atoms with Crippen LogP contribution in [0.2, 0.25) is 0 Å². The van der Waals surface area contributed by atoms with E-state index in [1.807, 2.05) is 0 Å². The van der Waals surface area contributed by atoms with Crippen molar-refractivity contribution in [1.82, 2.24) is 24.4 Å². The molecular formula is C24H27F3N6O2. The van der Waals surface area contributed by atoms with Gasteiger partial charge in [-0.1, -0.05) is 0 Å². The Morgan fingerprint density at radius 3 is 2.71 bits per heavy atom. The Labute approximate surface area is 201 Å². The molecular weight excluding hydrogens is 461 g/mol. The first-order valence-corrected chi connectivity index (χ1v) is 11.2. The molecule has 186 valence electrons. The van der Waals surface area contributed by atoms with Crippen molar-refractivity contribution >= 4 is 11.7 Å². The first kappa shape index (κ1) is 24.5. The van der Waals surface area contributed by atoms with Gasteiger partial charge in [-0.15, -0.1) is 0 Å². The fourth-order valence-corrected chi connectivity index (χ4v) is 4.30. The number of hydrogen-bond acceptors (Lipinski definition) is 6. The molecule has 4 heterocycles. The summed E-state index contributed by atoms with van der Waals surface area (Å²) in [6.45, 7) is 4.45. The number of ether oxygens (including phenoxy) is 1. The molecule has 1 saturated heterocycles. The second-order valence-corrected chi connectivity index (χ2v) is 8.61. The number of hydrogen-bond donors (Lipinski definition) is 1. The summed E-state index contributed by atoms with van der Waals surface area (Å²) >= 11 is 0. The maximum atomic E-state index is 14.3. The van der Waals surface area contributed by atoms with Crippen LogP contribution in [0.15, 0.2) is 30.6 Å². The molecule has 1 aliphatic heterocycles. The lowest BCUT2D eigenvalue weighted by molar-refractivity contribution is -0.131. The van der Waals surface area contributed by atoms with Gasteiger partial charge in [0.25, 0.3) is 6.43 Å². The van der Waals surface area contributed by atoms with Gasteiger partial charge in [-0.25, -0.2) is 28.1 Å². The van der Waals surface area contributed by atoms with Crippen LogP contribution < -0.4 is 10.1 Å². The topological polar surface area (TPSA) is 85.2 Å². The Morgan fingerprint density at radius 1 is 1.29 bits per heavy atom. The summed E-state index contributed by atoms with van der Waals surface area (Å²) in [5.74, 6) is -0.824. The number of carbonyl (C=O) groups excluding carboxylic acids is 1. The molecule has 35 heavy (non-hydrogen) atoms. The monoisotopic (exact) mass is 488 g/mol. The molecule has 1 N–H and O–H groups in total. The normalized spacial score (nSPS) is 16.6. The predicted octanol–water partition coefficient (Wildman–Crippen LogP) is 4.09. The van der Waals surface area contributed by atoms with Crippen LogP contribution in [0.4, 0.5) is 19.0 Å². The maximum absolute atomic E-state index is 14.3. The number of amides is 1. The van der Waals surface area contributed by atoms with Gasteiger partial charge in [0.1, 0.15) is 11.6 Å². The van der Waals surface area contributed by atoms with E-state index in [-0.39, 0.29) is 29.2 Å². The number of anilines is 1. The average molecular weight is 489 g/mol. The third kappa shape index (κ3) is 5.08. The molecule has 1 fully saturated rings. The molecule has 1 unspecified atom stereocenters. The molecule has 4 rings (SSSR count). The van der Waals surface area contributed by atoms with Crippen molar-refractivity contribution in [1.29, 1.82) is 0 Å².